The van der Waals surface area contributed by atoms with Crippen LogP contribution in [0.25, 0.3) is 0 Å². The van der Waals surface area contributed by atoms with Gasteiger partial charge in [-0.15, -0.1) is 12.4 Å². The molecule has 2 amide bonds. The summed E-state index contributed by atoms with van der Waals surface area (Å²) in [6.45, 7) is 6.53. The molecule has 0 bridgehead atoms. The van der Waals surface area contributed by atoms with Crippen LogP contribution in [0.15, 0.2) is 71.7 Å². The number of aliphatic imine (C=N–C) groups is 1. The Kier molecular flexibility index (Phi) is 11.8. The number of alkyl halides is 3. The van der Waals surface area contributed by atoms with Crippen LogP contribution in [-0.2, 0) is 6.18 Å². The van der Waals surface area contributed by atoms with Gasteiger partial charge in [-0.25, -0.2) is 9.80 Å². The molecule has 14 heteroatoms. The van der Waals surface area contributed by atoms with Gasteiger partial charge in [0.15, 0.2) is 0 Å². The van der Waals surface area contributed by atoms with E-state index in [9.17, 15) is 18.0 Å². The van der Waals surface area contributed by atoms with E-state index >= 15 is 0 Å². The standard InChI is InChI=1S/C34H37Cl2F3N6O2.ClH/c1-2-47-29-21-24(34(37,38)39)7-12-28(29)32-41-30(22-3-8-25(35)9-4-22)31(23-5-10-26(36)11-6-23)45(32)33(46)43-17-13-27(14-18-43)42-44-19-15-40-16-20-44;/h3-12,21,27,30-31,40,42H,2,13-20H2,1H3;1H. The van der Waals surface area contributed by atoms with Crippen molar-refractivity contribution in [1.82, 2.24) is 25.6 Å². The molecule has 48 heavy (non-hydrogen) atoms. The minimum Gasteiger partial charge on any atom is -0.493 e. The fourth-order valence-corrected chi connectivity index (χ4v) is 6.67. The molecule has 0 spiro atoms. The predicted molar refractivity (Wildman–Crippen MR) is 184 cm³/mol. The molecule has 2 atom stereocenters. The van der Waals surface area contributed by atoms with Crippen LogP contribution in [0.5, 0.6) is 5.75 Å². The Hall–Kier alpha value is -3.06. The molecule has 0 radical (unpaired) electrons. The summed E-state index contributed by atoms with van der Waals surface area (Å²) in [6, 6.07) is 16.5. The summed E-state index contributed by atoms with van der Waals surface area (Å²) in [5.74, 6) is 0.248. The monoisotopic (exact) mass is 724 g/mol. The van der Waals surface area contributed by atoms with E-state index in [1.165, 1.54) is 6.07 Å². The first kappa shape index (κ1) is 36.2. The molecule has 3 aliphatic rings. The van der Waals surface area contributed by atoms with Gasteiger partial charge in [0.25, 0.3) is 0 Å². The Labute approximate surface area is 294 Å². The van der Waals surface area contributed by atoms with Crippen molar-refractivity contribution in [3.8, 4) is 5.75 Å². The predicted octanol–water partition coefficient (Wildman–Crippen LogP) is 7.37. The zero-order valence-corrected chi connectivity index (χ0v) is 28.7. The average molecular weight is 726 g/mol. The van der Waals surface area contributed by atoms with Crippen molar-refractivity contribution in [3.05, 3.63) is 99.0 Å². The number of urea groups is 1. The van der Waals surface area contributed by atoms with Crippen molar-refractivity contribution in [3.63, 3.8) is 0 Å². The lowest BCUT2D eigenvalue weighted by Gasteiger charge is -2.40. The first-order chi connectivity index (χ1) is 22.6. The molecule has 2 unspecified atom stereocenters. The van der Waals surface area contributed by atoms with E-state index in [0.29, 0.717) is 28.7 Å². The SMILES string of the molecule is CCOc1cc(C(F)(F)F)ccc1C1=NC(c2ccc(Cl)cc2)C(c2ccc(Cl)cc2)N1C(=O)N1CCC(NN2CCNCC2)CC1.Cl. The van der Waals surface area contributed by atoms with Crippen molar-refractivity contribution in [2.45, 2.75) is 44.1 Å². The Bertz CT molecular complexity index is 1580. The van der Waals surface area contributed by atoms with E-state index in [1.807, 2.05) is 29.2 Å². The average Bonchev–Trinajstić information content (AvgIpc) is 3.46. The summed E-state index contributed by atoms with van der Waals surface area (Å²) in [7, 11) is 0. The number of hydrogen-bond acceptors (Lipinski definition) is 6. The highest BCUT2D eigenvalue weighted by molar-refractivity contribution is 6.30. The van der Waals surface area contributed by atoms with Gasteiger partial charge in [-0.1, -0.05) is 47.5 Å². The van der Waals surface area contributed by atoms with Gasteiger partial charge in [-0.05, 0) is 73.4 Å². The second kappa shape index (κ2) is 15.7. The lowest BCUT2D eigenvalue weighted by molar-refractivity contribution is -0.137. The van der Waals surface area contributed by atoms with E-state index in [-0.39, 0.29) is 42.7 Å². The maximum Gasteiger partial charge on any atom is 0.416 e. The van der Waals surface area contributed by atoms with E-state index < -0.39 is 23.8 Å². The quantitative estimate of drug-likeness (QED) is 0.266. The van der Waals surface area contributed by atoms with Crippen LogP contribution < -0.4 is 15.5 Å². The second-order valence-electron chi connectivity index (χ2n) is 11.9. The van der Waals surface area contributed by atoms with Crippen LogP contribution in [0.3, 0.4) is 0 Å². The number of likely N-dealkylation sites (tertiary alicyclic amines) is 1. The van der Waals surface area contributed by atoms with Gasteiger partial charge < -0.3 is 15.0 Å². The molecule has 3 aromatic rings. The van der Waals surface area contributed by atoms with Crippen molar-refractivity contribution in [1.29, 1.82) is 0 Å². The molecule has 0 saturated carbocycles. The summed E-state index contributed by atoms with van der Waals surface area (Å²) >= 11 is 12.5. The van der Waals surface area contributed by atoms with Gasteiger partial charge in [0.1, 0.15) is 17.6 Å². The zero-order valence-electron chi connectivity index (χ0n) is 26.4. The number of carbonyl (C=O) groups excluding carboxylic acids is 1. The van der Waals surface area contributed by atoms with Gasteiger partial charge in [0, 0.05) is 55.4 Å². The Balaban J connectivity index is 0.00000451. The van der Waals surface area contributed by atoms with Crippen molar-refractivity contribution < 1.29 is 22.7 Å². The number of hydrazine groups is 1. The van der Waals surface area contributed by atoms with Crippen molar-refractivity contribution in [2.24, 2.45) is 4.99 Å². The fourth-order valence-electron chi connectivity index (χ4n) is 6.42. The second-order valence-corrected chi connectivity index (χ2v) is 12.7. The van der Waals surface area contributed by atoms with Crippen LogP contribution in [-0.4, -0.2) is 78.6 Å². The molecular weight excluding hydrogens is 688 g/mol. The van der Waals surface area contributed by atoms with Crippen LogP contribution >= 0.6 is 35.6 Å². The number of amides is 2. The molecule has 0 aromatic heterocycles. The number of nitrogens with zero attached hydrogens (tertiary/aromatic N) is 4. The highest BCUT2D eigenvalue weighted by Crippen LogP contribution is 2.46. The van der Waals surface area contributed by atoms with Gasteiger partial charge in [-0.2, -0.15) is 13.2 Å². The first-order valence-electron chi connectivity index (χ1n) is 15.9. The summed E-state index contributed by atoms with van der Waals surface area (Å²) in [5, 5.41) is 6.67. The van der Waals surface area contributed by atoms with Gasteiger partial charge in [0.05, 0.1) is 23.8 Å². The first-order valence-corrected chi connectivity index (χ1v) is 16.6. The summed E-state index contributed by atoms with van der Waals surface area (Å²) in [5.41, 5.74) is 4.66. The van der Waals surface area contributed by atoms with E-state index in [1.54, 1.807) is 36.1 Å². The van der Waals surface area contributed by atoms with Crippen LogP contribution in [0.1, 0.15) is 54.1 Å². The molecule has 3 aliphatic heterocycles. The molecule has 2 saturated heterocycles. The Morgan fingerprint density at radius 1 is 0.938 bits per heavy atom. The third-order valence-corrected chi connectivity index (χ3v) is 9.30. The third kappa shape index (κ3) is 8.04. The minimum atomic E-state index is -4.57. The maximum absolute atomic E-state index is 14.7. The van der Waals surface area contributed by atoms with Crippen LogP contribution in [0.4, 0.5) is 18.0 Å². The molecule has 0 aliphatic carbocycles. The highest BCUT2D eigenvalue weighted by Gasteiger charge is 2.45. The van der Waals surface area contributed by atoms with Crippen LogP contribution in [0.2, 0.25) is 10.0 Å². The van der Waals surface area contributed by atoms with E-state index in [2.05, 4.69) is 15.8 Å². The molecule has 6 rings (SSSR count). The Morgan fingerprint density at radius 3 is 2.12 bits per heavy atom. The Morgan fingerprint density at radius 2 is 1.54 bits per heavy atom. The number of halogens is 6. The summed E-state index contributed by atoms with van der Waals surface area (Å²) < 4.78 is 47.1. The van der Waals surface area contributed by atoms with Crippen molar-refractivity contribution >= 4 is 47.5 Å². The van der Waals surface area contributed by atoms with Crippen molar-refractivity contribution in [2.75, 3.05) is 45.9 Å². The fraction of sp³-hybridized carbons (Fsp3) is 0.412. The van der Waals surface area contributed by atoms with Gasteiger partial charge in [0.2, 0.25) is 0 Å². The molecule has 2 fully saturated rings. The number of rotatable bonds is 7. The lowest BCUT2D eigenvalue weighted by atomic mass is 9.93. The maximum atomic E-state index is 14.7. The molecule has 2 N–H and O–H groups in total. The normalized spacial score (nSPS) is 20.8. The number of benzene rings is 3. The lowest BCUT2D eigenvalue weighted by Crippen LogP contribution is -2.57. The highest BCUT2D eigenvalue weighted by atomic mass is 35.5. The largest absolute Gasteiger partial charge is 0.493 e. The molecule has 3 aromatic carbocycles. The summed E-state index contributed by atoms with van der Waals surface area (Å²) in [4.78, 5) is 23.2. The minimum absolute atomic E-state index is 0. The van der Waals surface area contributed by atoms with Gasteiger partial charge >= 0.3 is 12.2 Å². The number of piperidine rings is 1. The number of carbonyl (C=O) groups is 1. The van der Waals surface area contributed by atoms with E-state index in [0.717, 1.165) is 62.3 Å². The molecule has 8 nitrogen and oxygen atoms in total. The zero-order chi connectivity index (χ0) is 33.1. The molecular formula is C34H38Cl3F3N6O2. The van der Waals surface area contributed by atoms with Gasteiger partial charge in [-0.3, -0.25) is 15.3 Å². The van der Waals surface area contributed by atoms with Crippen LogP contribution in [0, 0.1) is 0 Å². The summed E-state index contributed by atoms with van der Waals surface area (Å²) in [6.07, 6.45) is -3.06. The van der Waals surface area contributed by atoms with E-state index in [4.69, 9.17) is 32.9 Å². The third-order valence-electron chi connectivity index (χ3n) is 8.79. The number of amidine groups is 1. The number of piperazine rings is 1. The molecule has 3 heterocycles. The number of nitrogens with one attached hydrogen (secondary N) is 2. The number of hydrogen-bond donors (Lipinski definition) is 2. The molecule has 258 valence electrons. The smallest absolute Gasteiger partial charge is 0.416 e. The topological polar surface area (TPSA) is 72.4 Å². The number of ether oxygens (including phenoxy) is 1.